The van der Waals surface area contributed by atoms with Crippen LogP contribution < -0.4 is 10.2 Å². The number of quaternary nitrogens is 1. The third kappa shape index (κ3) is 5.18. The lowest BCUT2D eigenvalue weighted by Gasteiger charge is -2.18. The number of amides is 1. The summed E-state index contributed by atoms with van der Waals surface area (Å²) in [6.45, 7) is 2.02. The summed E-state index contributed by atoms with van der Waals surface area (Å²) in [6, 6.07) is 11.8. The zero-order valence-electron chi connectivity index (χ0n) is 16.3. The summed E-state index contributed by atoms with van der Waals surface area (Å²) in [5.74, 6) is -0.264. The maximum atomic E-state index is 13.4. The fourth-order valence-electron chi connectivity index (χ4n) is 2.64. The van der Waals surface area contributed by atoms with Crippen molar-refractivity contribution in [1.82, 2.24) is 14.8 Å². The van der Waals surface area contributed by atoms with Crippen LogP contribution in [0, 0.1) is 11.6 Å². The number of carbonyl (C=O) groups is 1. The molecule has 0 unspecified atom stereocenters. The summed E-state index contributed by atoms with van der Waals surface area (Å²) in [6.07, 6.45) is 0. The van der Waals surface area contributed by atoms with Crippen LogP contribution in [0.5, 0.6) is 0 Å². The van der Waals surface area contributed by atoms with E-state index >= 15 is 0 Å². The van der Waals surface area contributed by atoms with Gasteiger partial charge in [0.05, 0.1) is 19.8 Å². The Morgan fingerprint density at radius 1 is 1.14 bits per heavy atom. The molecule has 1 aromatic heterocycles. The Morgan fingerprint density at radius 2 is 1.86 bits per heavy atom. The van der Waals surface area contributed by atoms with Crippen molar-refractivity contribution in [2.24, 2.45) is 0 Å². The van der Waals surface area contributed by atoms with Crippen LogP contribution in [0.25, 0.3) is 5.69 Å². The molecule has 0 aliphatic rings. The molecule has 0 aliphatic heterocycles. The molecule has 0 saturated carbocycles. The Labute approximate surface area is 171 Å². The van der Waals surface area contributed by atoms with Gasteiger partial charge in [0, 0.05) is 11.4 Å². The van der Waals surface area contributed by atoms with Gasteiger partial charge in [-0.1, -0.05) is 17.8 Å². The number of rotatable bonds is 7. The van der Waals surface area contributed by atoms with E-state index in [4.69, 9.17) is 0 Å². The summed E-state index contributed by atoms with van der Waals surface area (Å²) in [5, 5.41) is 11.7. The van der Waals surface area contributed by atoms with Gasteiger partial charge < -0.3 is 10.2 Å². The van der Waals surface area contributed by atoms with E-state index in [1.165, 1.54) is 42.1 Å². The average Bonchev–Trinajstić information content (AvgIpc) is 3.10. The number of nitrogens with one attached hydrogen (secondary N) is 2. The van der Waals surface area contributed by atoms with Gasteiger partial charge in [0.15, 0.2) is 11.0 Å². The van der Waals surface area contributed by atoms with E-state index in [0.29, 0.717) is 22.4 Å². The molecule has 2 N–H and O–H groups in total. The molecule has 3 aromatic rings. The monoisotopic (exact) mass is 418 g/mol. The van der Waals surface area contributed by atoms with Gasteiger partial charge in [-0.15, -0.1) is 10.2 Å². The fraction of sp³-hybridized carbons (Fsp3) is 0.250. The number of carbonyl (C=O) groups excluding carboxylic acids is 1. The van der Waals surface area contributed by atoms with Crippen molar-refractivity contribution < 1.29 is 18.5 Å². The molecule has 0 fully saturated rings. The molecule has 0 saturated heterocycles. The standard InChI is InChI=1S/C20H21F2N5OS/c1-13(26(2)3)19-24-25-20(27(19)17-9-7-14(21)8-10-17)29-12-18(28)23-16-6-4-5-15(22)11-16/h4-11,13H,12H2,1-3H3,(H,23,28)/p+1/t13-/m0/s1. The molecule has 1 heterocycles. The Bertz CT molecular complexity index is 991. The molecule has 6 nitrogen and oxygen atoms in total. The molecule has 2 aromatic carbocycles. The molecule has 9 heteroatoms. The van der Waals surface area contributed by atoms with Gasteiger partial charge in [-0.2, -0.15) is 0 Å². The van der Waals surface area contributed by atoms with E-state index in [9.17, 15) is 13.6 Å². The van der Waals surface area contributed by atoms with E-state index in [-0.39, 0.29) is 23.5 Å². The molecule has 1 atom stereocenters. The van der Waals surface area contributed by atoms with Gasteiger partial charge >= 0.3 is 0 Å². The predicted molar refractivity (Wildman–Crippen MR) is 108 cm³/mol. The van der Waals surface area contributed by atoms with Crippen molar-refractivity contribution in [2.75, 3.05) is 25.2 Å². The molecule has 0 aliphatic carbocycles. The van der Waals surface area contributed by atoms with Crippen molar-refractivity contribution in [3.63, 3.8) is 0 Å². The highest BCUT2D eigenvalue weighted by Gasteiger charge is 2.24. The maximum absolute atomic E-state index is 13.4. The third-order valence-electron chi connectivity index (χ3n) is 4.44. The minimum atomic E-state index is -0.420. The van der Waals surface area contributed by atoms with Gasteiger partial charge in [-0.25, -0.2) is 8.78 Å². The maximum Gasteiger partial charge on any atom is 0.234 e. The quantitative estimate of drug-likeness (QED) is 0.579. The lowest BCUT2D eigenvalue weighted by molar-refractivity contribution is -0.890. The summed E-state index contributed by atoms with van der Waals surface area (Å²) in [5.41, 5.74) is 1.11. The van der Waals surface area contributed by atoms with Gasteiger partial charge in [0.25, 0.3) is 0 Å². The highest BCUT2D eigenvalue weighted by Crippen LogP contribution is 2.24. The van der Waals surface area contributed by atoms with Gasteiger partial charge in [0.1, 0.15) is 17.7 Å². The summed E-state index contributed by atoms with van der Waals surface area (Å²) in [4.78, 5) is 13.4. The van der Waals surface area contributed by atoms with Gasteiger partial charge in [0.2, 0.25) is 5.91 Å². The number of benzene rings is 2. The van der Waals surface area contributed by atoms with E-state index in [0.717, 1.165) is 4.90 Å². The molecule has 0 bridgehead atoms. The second kappa shape index (κ2) is 9.15. The first-order valence-electron chi connectivity index (χ1n) is 9.04. The van der Waals surface area contributed by atoms with E-state index in [2.05, 4.69) is 15.5 Å². The van der Waals surface area contributed by atoms with Crippen LogP contribution in [-0.2, 0) is 4.79 Å². The van der Waals surface area contributed by atoms with Crippen molar-refractivity contribution in [3.05, 3.63) is 66.0 Å². The number of thioether (sulfide) groups is 1. The number of nitrogens with zero attached hydrogens (tertiary/aromatic N) is 3. The number of anilines is 1. The normalized spacial score (nSPS) is 12.2. The topological polar surface area (TPSA) is 64.2 Å². The molecule has 0 spiro atoms. The molecular weight excluding hydrogens is 396 g/mol. The number of hydrogen-bond donors (Lipinski definition) is 2. The second-order valence-electron chi connectivity index (χ2n) is 6.80. The molecular formula is C20H22F2N5OS+. The van der Waals surface area contributed by atoms with Crippen LogP contribution in [0.4, 0.5) is 14.5 Å². The van der Waals surface area contributed by atoms with E-state index < -0.39 is 5.82 Å². The van der Waals surface area contributed by atoms with Gasteiger partial charge in [-0.3, -0.25) is 9.36 Å². The minimum absolute atomic E-state index is 0.0306. The lowest BCUT2D eigenvalue weighted by atomic mass is 10.2. The van der Waals surface area contributed by atoms with Crippen LogP contribution in [-0.4, -0.2) is 40.5 Å². The molecule has 29 heavy (non-hydrogen) atoms. The van der Waals surface area contributed by atoms with Gasteiger partial charge in [-0.05, 0) is 49.4 Å². The first-order chi connectivity index (χ1) is 13.8. The van der Waals surface area contributed by atoms with Crippen LogP contribution in [0.3, 0.4) is 0 Å². The third-order valence-corrected chi connectivity index (χ3v) is 5.37. The average molecular weight is 418 g/mol. The van der Waals surface area contributed by atoms with Crippen molar-refractivity contribution in [3.8, 4) is 5.69 Å². The van der Waals surface area contributed by atoms with Crippen LogP contribution >= 0.6 is 11.8 Å². The highest BCUT2D eigenvalue weighted by atomic mass is 32.2. The zero-order chi connectivity index (χ0) is 21.0. The molecule has 3 rings (SSSR count). The SMILES string of the molecule is C[C@@H](c1nnc(SCC(=O)Nc2cccc(F)c2)n1-c1ccc(F)cc1)[NH+](C)C. The van der Waals surface area contributed by atoms with Crippen molar-refractivity contribution in [2.45, 2.75) is 18.1 Å². The minimum Gasteiger partial charge on any atom is -0.331 e. The smallest absolute Gasteiger partial charge is 0.234 e. The number of halogens is 2. The molecule has 0 radical (unpaired) electrons. The number of aromatic nitrogens is 3. The Morgan fingerprint density at radius 3 is 2.52 bits per heavy atom. The largest absolute Gasteiger partial charge is 0.331 e. The second-order valence-corrected chi connectivity index (χ2v) is 7.74. The molecule has 1 amide bonds. The van der Waals surface area contributed by atoms with Crippen molar-refractivity contribution in [1.29, 1.82) is 0 Å². The van der Waals surface area contributed by atoms with Crippen LogP contribution in [0.15, 0.2) is 53.7 Å². The van der Waals surface area contributed by atoms with Crippen LogP contribution in [0.2, 0.25) is 0 Å². The lowest BCUT2D eigenvalue weighted by Crippen LogP contribution is -3.05. The van der Waals surface area contributed by atoms with E-state index in [1.807, 2.05) is 25.6 Å². The van der Waals surface area contributed by atoms with Crippen molar-refractivity contribution >= 4 is 23.4 Å². The highest BCUT2D eigenvalue weighted by molar-refractivity contribution is 7.99. The Balaban J connectivity index is 1.81. The first-order valence-corrected chi connectivity index (χ1v) is 10.0. The summed E-state index contributed by atoms with van der Waals surface area (Å²) in [7, 11) is 4.02. The fourth-order valence-corrected chi connectivity index (χ4v) is 3.40. The zero-order valence-corrected chi connectivity index (χ0v) is 17.1. The van der Waals surface area contributed by atoms with Crippen LogP contribution in [0.1, 0.15) is 18.8 Å². The predicted octanol–water partition coefficient (Wildman–Crippen LogP) is 2.48. The number of hydrogen-bond acceptors (Lipinski definition) is 4. The Kier molecular flexibility index (Phi) is 6.60. The summed E-state index contributed by atoms with van der Waals surface area (Å²) >= 11 is 1.21. The Hall–Kier alpha value is -2.78. The first kappa shape index (κ1) is 20.9. The van der Waals surface area contributed by atoms with E-state index in [1.54, 1.807) is 18.2 Å². The summed E-state index contributed by atoms with van der Waals surface area (Å²) < 4.78 is 28.5. The molecule has 152 valence electrons.